The van der Waals surface area contributed by atoms with E-state index in [4.69, 9.17) is 4.74 Å². The molecule has 0 spiro atoms. The van der Waals surface area contributed by atoms with E-state index < -0.39 is 5.91 Å². The molecule has 4 rings (SSSR count). The number of anilines is 1. The molecule has 0 saturated carbocycles. The lowest BCUT2D eigenvalue weighted by molar-refractivity contribution is 0.102. The molecule has 0 aliphatic heterocycles. The summed E-state index contributed by atoms with van der Waals surface area (Å²) in [5.41, 5.74) is 2.57. The number of carbonyl (C=O) groups is 1. The molecular weight excluding hydrogens is 375 g/mol. The molecule has 1 amide bonds. The number of nitrogens with one attached hydrogen (secondary N) is 3. The van der Waals surface area contributed by atoms with Crippen LogP contribution in [0.2, 0.25) is 0 Å². The summed E-state index contributed by atoms with van der Waals surface area (Å²) in [5.74, 6) is 0.676. The largest absolute Gasteiger partial charge is 0.497 e. The van der Waals surface area contributed by atoms with E-state index in [0.29, 0.717) is 23.7 Å². The summed E-state index contributed by atoms with van der Waals surface area (Å²) < 4.78 is 18.2. The molecule has 0 atom stereocenters. The number of aromatic amines is 2. The highest BCUT2D eigenvalue weighted by Gasteiger charge is 2.14. The van der Waals surface area contributed by atoms with E-state index in [2.05, 4.69) is 30.7 Å². The lowest BCUT2D eigenvalue weighted by Gasteiger charge is -2.01. The van der Waals surface area contributed by atoms with Gasteiger partial charge in [0, 0.05) is 12.0 Å². The van der Waals surface area contributed by atoms with Crippen LogP contribution >= 0.6 is 0 Å². The van der Waals surface area contributed by atoms with Gasteiger partial charge in [0.1, 0.15) is 23.1 Å². The van der Waals surface area contributed by atoms with Gasteiger partial charge in [0.25, 0.3) is 5.91 Å². The zero-order valence-corrected chi connectivity index (χ0v) is 15.4. The Morgan fingerprint density at radius 3 is 2.72 bits per heavy atom. The van der Waals surface area contributed by atoms with Gasteiger partial charge in [-0.3, -0.25) is 20.3 Å². The van der Waals surface area contributed by atoms with E-state index in [1.165, 1.54) is 12.1 Å². The SMILES string of the molecule is COc1cccc(-c2cc(C(=O)Nc3n[nH]c(Cc4ccc(F)cc4)n3)[nH]n2)c1. The lowest BCUT2D eigenvalue weighted by Crippen LogP contribution is -2.13. The van der Waals surface area contributed by atoms with Gasteiger partial charge in [0.15, 0.2) is 0 Å². The summed E-state index contributed by atoms with van der Waals surface area (Å²) in [4.78, 5) is 16.7. The van der Waals surface area contributed by atoms with Crippen molar-refractivity contribution in [2.24, 2.45) is 0 Å². The van der Waals surface area contributed by atoms with Crippen LogP contribution in [-0.2, 0) is 6.42 Å². The molecule has 0 aliphatic carbocycles. The summed E-state index contributed by atoms with van der Waals surface area (Å²) in [5, 5.41) is 16.2. The van der Waals surface area contributed by atoms with Crippen LogP contribution in [0.15, 0.2) is 54.6 Å². The normalized spacial score (nSPS) is 10.7. The fraction of sp³-hybridized carbons (Fsp3) is 0.100. The van der Waals surface area contributed by atoms with Crippen molar-refractivity contribution in [1.29, 1.82) is 0 Å². The first-order valence-corrected chi connectivity index (χ1v) is 8.77. The minimum Gasteiger partial charge on any atom is -0.497 e. The molecule has 29 heavy (non-hydrogen) atoms. The van der Waals surface area contributed by atoms with E-state index in [9.17, 15) is 9.18 Å². The third-order valence-electron chi connectivity index (χ3n) is 4.23. The Balaban J connectivity index is 1.43. The molecule has 3 N–H and O–H groups in total. The van der Waals surface area contributed by atoms with Gasteiger partial charge in [-0.2, -0.15) is 10.1 Å². The molecule has 0 radical (unpaired) electrons. The fourth-order valence-electron chi connectivity index (χ4n) is 2.76. The number of rotatable bonds is 6. The second-order valence-electron chi connectivity index (χ2n) is 6.26. The number of carbonyl (C=O) groups excluding carboxylic acids is 1. The molecule has 0 bridgehead atoms. The molecule has 0 unspecified atom stereocenters. The number of halogens is 1. The molecule has 8 nitrogen and oxygen atoms in total. The summed E-state index contributed by atoms with van der Waals surface area (Å²) in [7, 11) is 1.59. The van der Waals surface area contributed by atoms with E-state index in [0.717, 1.165) is 11.1 Å². The predicted molar refractivity (Wildman–Crippen MR) is 104 cm³/mol. The van der Waals surface area contributed by atoms with Crippen LogP contribution in [0.1, 0.15) is 21.9 Å². The highest BCUT2D eigenvalue weighted by atomic mass is 19.1. The van der Waals surface area contributed by atoms with E-state index in [1.54, 1.807) is 25.3 Å². The first-order valence-electron chi connectivity index (χ1n) is 8.77. The molecule has 2 aromatic carbocycles. The Morgan fingerprint density at radius 1 is 1.10 bits per heavy atom. The van der Waals surface area contributed by atoms with Gasteiger partial charge in [-0.25, -0.2) is 4.39 Å². The molecule has 0 saturated heterocycles. The number of nitrogens with zero attached hydrogens (tertiary/aromatic N) is 3. The maximum atomic E-state index is 13.0. The molecule has 4 aromatic rings. The number of hydrogen-bond donors (Lipinski definition) is 3. The van der Waals surface area contributed by atoms with Gasteiger partial charge in [0.05, 0.1) is 12.8 Å². The number of hydrogen-bond acceptors (Lipinski definition) is 5. The monoisotopic (exact) mass is 392 g/mol. The Hall–Kier alpha value is -4.01. The third-order valence-corrected chi connectivity index (χ3v) is 4.23. The first kappa shape index (κ1) is 18.4. The van der Waals surface area contributed by atoms with Crippen LogP contribution < -0.4 is 10.1 Å². The lowest BCUT2D eigenvalue weighted by atomic mass is 10.1. The number of ether oxygens (including phenoxy) is 1. The molecule has 9 heteroatoms. The first-order chi connectivity index (χ1) is 14.1. The Morgan fingerprint density at radius 2 is 1.93 bits per heavy atom. The van der Waals surface area contributed by atoms with Crippen LogP contribution in [0.3, 0.4) is 0 Å². The predicted octanol–water partition coefficient (Wildman–Crippen LogP) is 3.19. The van der Waals surface area contributed by atoms with E-state index in [-0.39, 0.29) is 17.5 Å². The highest BCUT2D eigenvalue weighted by molar-refractivity contribution is 6.02. The van der Waals surface area contributed by atoms with Crippen LogP contribution in [0.5, 0.6) is 5.75 Å². The number of amides is 1. The van der Waals surface area contributed by atoms with Gasteiger partial charge in [0.2, 0.25) is 5.95 Å². The fourth-order valence-corrected chi connectivity index (χ4v) is 2.76. The number of aromatic nitrogens is 5. The summed E-state index contributed by atoms with van der Waals surface area (Å²) in [6.45, 7) is 0. The van der Waals surface area contributed by atoms with Crippen molar-refractivity contribution in [3.63, 3.8) is 0 Å². The Kier molecular flexibility index (Phi) is 5.02. The van der Waals surface area contributed by atoms with Crippen molar-refractivity contribution in [3.05, 3.63) is 77.5 Å². The summed E-state index contributed by atoms with van der Waals surface area (Å²) in [6.07, 6.45) is 0.438. The quantitative estimate of drug-likeness (QED) is 0.467. The third kappa shape index (κ3) is 4.29. The second kappa shape index (κ2) is 7.93. The Bertz CT molecular complexity index is 1140. The summed E-state index contributed by atoms with van der Waals surface area (Å²) in [6, 6.07) is 15.1. The number of benzene rings is 2. The van der Waals surface area contributed by atoms with Gasteiger partial charge >= 0.3 is 0 Å². The molecule has 2 heterocycles. The van der Waals surface area contributed by atoms with Crippen molar-refractivity contribution in [1.82, 2.24) is 25.4 Å². The van der Waals surface area contributed by atoms with Crippen molar-refractivity contribution < 1.29 is 13.9 Å². The van der Waals surface area contributed by atoms with Gasteiger partial charge in [-0.05, 0) is 35.9 Å². The van der Waals surface area contributed by atoms with Crippen molar-refractivity contribution >= 4 is 11.9 Å². The van der Waals surface area contributed by atoms with Crippen LogP contribution in [0, 0.1) is 5.82 Å². The average Bonchev–Trinajstić information content (AvgIpc) is 3.40. The molecule has 0 aliphatic rings. The zero-order valence-electron chi connectivity index (χ0n) is 15.4. The van der Waals surface area contributed by atoms with Crippen LogP contribution in [-0.4, -0.2) is 38.4 Å². The van der Waals surface area contributed by atoms with Crippen LogP contribution in [0.25, 0.3) is 11.3 Å². The average molecular weight is 392 g/mol. The van der Waals surface area contributed by atoms with Gasteiger partial charge < -0.3 is 4.74 Å². The molecule has 0 fully saturated rings. The summed E-state index contributed by atoms with van der Waals surface area (Å²) >= 11 is 0. The standard InChI is InChI=1S/C20H17FN6O2/c1-29-15-4-2-3-13(10-15)16-11-17(25-24-16)19(28)23-20-22-18(26-27-20)9-12-5-7-14(21)8-6-12/h2-8,10-11H,9H2,1H3,(H,24,25)(H2,22,23,26,27,28). The molecular formula is C20H17FN6O2. The van der Waals surface area contributed by atoms with E-state index >= 15 is 0 Å². The van der Waals surface area contributed by atoms with Crippen LogP contribution in [0.4, 0.5) is 10.3 Å². The maximum absolute atomic E-state index is 13.0. The molecule has 2 aromatic heterocycles. The van der Waals surface area contributed by atoms with Crippen molar-refractivity contribution in [2.45, 2.75) is 6.42 Å². The maximum Gasteiger partial charge on any atom is 0.276 e. The van der Waals surface area contributed by atoms with Crippen molar-refractivity contribution in [3.8, 4) is 17.0 Å². The van der Waals surface area contributed by atoms with Gasteiger partial charge in [-0.15, -0.1) is 5.10 Å². The molecule has 146 valence electrons. The van der Waals surface area contributed by atoms with Gasteiger partial charge in [-0.1, -0.05) is 24.3 Å². The minimum absolute atomic E-state index is 0.143. The Labute approximate surface area is 165 Å². The second-order valence-corrected chi connectivity index (χ2v) is 6.26. The topological polar surface area (TPSA) is 109 Å². The van der Waals surface area contributed by atoms with E-state index in [1.807, 2.05) is 24.3 Å². The minimum atomic E-state index is -0.418. The number of methoxy groups -OCH3 is 1. The number of H-pyrrole nitrogens is 2. The highest BCUT2D eigenvalue weighted by Crippen LogP contribution is 2.22. The van der Waals surface area contributed by atoms with Crippen molar-refractivity contribution in [2.75, 3.05) is 12.4 Å². The zero-order chi connectivity index (χ0) is 20.2. The smallest absolute Gasteiger partial charge is 0.276 e.